The first-order chi connectivity index (χ1) is 17.3. The molecule has 0 aliphatic carbocycles. The number of rotatable bonds is 12. The summed E-state index contributed by atoms with van der Waals surface area (Å²) in [6.45, 7) is 5.27. The number of benzene rings is 2. The molecule has 1 unspecified atom stereocenters. The van der Waals surface area contributed by atoms with Crippen LogP contribution >= 0.6 is 0 Å². The van der Waals surface area contributed by atoms with Gasteiger partial charge in [0.05, 0.1) is 17.5 Å². The van der Waals surface area contributed by atoms with Crippen LogP contribution in [0.15, 0.2) is 48.5 Å². The summed E-state index contributed by atoms with van der Waals surface area (Å²) in [5.41, 5.74) is 0.312. The van der Waals surface area contributed by atoms with Gasteiger partial charge in [-0.1, -0.05) is 50.6 Å². The van der Waals surface area contributed by atoms with Crippen LogP contribution in [0.2, 0.25) is 0 Å². The zero-order valence-corrected chi connectivity index (χ0v) is 22.3. The number of halogens is 3. The topological polar surface area (TPSA) is 86.8 Å². The zero-order chi connectivity index (χ0) is 27.8. The predicted molar refractivity (Wildman–Crippen MR) is 137 cm³/mol. The van der Waals surface area contributed by atoms with E-state index in [0.717, 1.165) is 42.4 Å². The van der Waals surface area contributed by atoms with Crippen molar-refractivity contribution in [3.05, 3.63) is 65.2 Å². The van der Waals surface area contributed by atoms with Crippen molar-refractivity contribution < 1.29 is 31.2 Å². The molecule has 2 rings (SSSR count). The average Bonchev–Trinajstić information content (AvgIpc) is 2.82. The fourth-order valence-corrected chi connectivity index (χ4v) is 4.69. The summed E-state index contributed by atoms with van der Waals surface area (Å²) in [6.07, 6.45) is -1.99. The van der Waals surface area contributed by atoms with Gasteiger partial charge in [-0.15, -0.1) is 0 Å². The number of sulfonamides is 1. The lowest BCUT2D eigenvalue weighted by atomic mass is 10.1. The van der Waals surface area contributed by atoms with Crippen molar-refractivity contribution in [2.24, 2.45) is 0 Å². The molecule has 1 N–H and O–H groups in total. The predicted octanol–water partition coefficient (Wildman–Crippen LogP) is 4.50. The molecule has 2 amide bonds. The molecule has 11 heteroatoms. The van der Waals surface area contributed by atoms with E-state index in [-0.39, 0.29) is 24.6 Å². The molecule has 1 atom stereocenters. The van der Waals surface area contributed by atoms with Crippen molar-refractivity contribution in [1.29, 1.82) is 0 Å². The van der Waals surface area contributed by atoms with Crippen molar-refractivity contribution in [3.8, 4) is 0 Å². The van der Waals surface area contributed by atoms with E-state index in [2.05, 4.69) is 5.32 Å². The van der Waals surface area contributed by atoms with Crippen molar-refractivity contribution in [2.75, 3.05) is 23.7 Å². The minimum Gasteiger partial charge on any atom is -0.354 e. The Morgan fingerprint density at radius 2 is 1.73 bits per heavy atom. The van der Waals surface area contributed by atoms with Gasteiger partial charge >= 0.3 is 6.18 Å². The van der Waals surface area contributed by atoms with Gasteiger partial charge in [0.25, 0.3) is 0 Å². The number of hydrogen-bond donors (Lipinski definition) is 1. The van der Waals surface area contributed by atoms with Crippen LogP contribution in [-0.4, -0.2) is 50.5 Å². The number of anilines is 1. The summed E-state index contributed by atoms with van der Waals surface area (Å²) < 4.78 is 65.7. The number of carbonyl (C=O) groups is 2. The van der Waals surface area contributed by atoms with Gasteiger partial charge in [-0.3, -0.25) is 13.9 Å². The lowest BCUT2D eigenvalue weighted by Gasteiger charge is -2.33. The molecule has 0 heterocycles. The largest absolute Gasteiger partial charge is 0.416 e. The summed E-state index contributed by atoms with van der Waals surface area (Å²) in [7, 11) is -4.14. The van der Waals surface area contributed by atoms with Crippen molar-refractivity contribution >= 4 is 27.5 Å². The number of hydrogen-bond acceptors (Lipinski definition) is 4. The Bertz CT molecular complexity index is 1190. The van der Waals surface area contributed by atoms with Gasteiger partial charge in [0.1, 0.15) is 12.6 Å². The molecule has 0 aliphatic rings. The van der Waals surface area contributed by atoms with E-state index in [1.807, 2.05) is 26.0 Å². The molecule has 0 saturated heterocycles. The first kappa shape index (κ1) is 30.1. The lowest BCUT2D eigenvalue weighted by Crippen LogP contribution is -2.52. The third-order valence-corrected chi connectivity index (χ3v) is 7.10. The standard InChI is InChI=1S/C26H34F3N3O4S/c1-5-7-15-30-25(34)23(6-2)31(17-20-12-9-8-11-19(20)3)24(33)18-32(37(4,35)36)22-14-10-13-21(16-22)26(27,28)29/h8-14,16,23H,5-7,15,17-18H2,1-4H3,(H,30,34). The Hall–Kier alpha value is -3.08. The fourth-order valence-electron chi connectivity index (χ4n) is 3.85. The van der Waals surface area contributed by atoms with Crippen LogP contribution < -0.4 is 9.62 Å². The fraction of sp³-hybridized carbons (Fsp3) is 0.462. The number of carbonyl (C=O) groups excluding carboxylic acids is 2. The maximum absolute atomic E-state index is 13.6. The molecule has 0 aromatic heterocycles. The SMILES string of the molecule is CCCCNC(=O)C(CC)N(Cc1ccccc1C)C(=O)CN(c1cccc(C(F)(F)F)c1)S(C)(=O)=O. The smallest absolute Gasteiger partial charge is 0.354 e. The van der Waals surface area contributed by atoms with E-state index in [4.69, 9.17) is 0 Å². The van der Waals surface area contributed by atoms with Gasteiger partial charge in [0.15, 0.2) is 0 Å². The highest BCUT2D eigenvalue weighted by atomic mass is 32.2. The number of alkyl halides is 3. The molecule has 0 fully saturated rings. The molecular weight excluding hydrogens is 507 g/mol. The van der Waals surface area contributed by atoms with Crippen LogP contribution in [0.25, 0.3) is 0 Å². The third kappa shape index (κ3) is 8.48. The molecule has 0 saturated carbocycles. The van der Waals surface area contributed by atoms with E-state index in [1.54, 1.807) is 19.1 Å². The van der Waals surface area contributed by atoms with Crippen LogP contribution in [0.4, 0.5) is 18.9 Å². The summed E-state index contributed by atoms with van der Waals surface area (Å²) in [5, 5.41) is 2.82. The van der Waals surface area contributed by atoms with Gasteiger partial charge in [-0.05, 0) is 49.1 Å². The highest BCUT2D eigenvalue weighted by Gasteiger charge is 2.34. The molecule has 7 nitrogen and oxygen atoms in total. The number of amides is 2. The van der Waals surface area contributed by atoms with E-state index in [1.165, 1.54) is 11.0 Å². The molecule has 2 aromatic rings. The van der Waals surface area contributed by atoms with Gasteiger partial charge in [0.2, 0.25) is 21.8 Å². The second-order valence-electron chi connectivity index (χ2n) is 8.83. The minimum absolute atomic E-state index is 0.0331. The maximum Gasteiger partial charge on any atom is 0.416 e. The quantitative estimate of drug-likeness (QED) is 0.401. The van der Waals surface area contributed by atoms with Crippen molar-refractivity contribution in [1.82, 2.24) is 10.2 Å². The normalized spacial score (nSPS) is 12.6. The molecule has 37 heavy (non-hydrogen) atoms. The summed E-state index contributed by atoms with van der Waals surface area (Å²) in [5.74, 6) is -1.08. The van der Waals surface area contributed by atoms with Crippen molar-refractivity contribution in [2.45, 2.75) is 58.8 Å². The Morgan fingerprint density at radius 3 is 2.30 bits per heavy atom. The molecule has 2 aromatic carbocycles. The van der Waals surface area contributed by atoms with Crippen LogP contribution in [0.3, 0.4) is 0 Å². The van der Waals surface area contributed by atoms with Gasteiger partial charge < -0.3 is 10.2 Å². The number of unbranched alkanes of at least 4 members (excludes halogenated alkanes) is 1. The number of nitrogens with one attached hydrogen (secondary N) is 1. The Labute approximate surface area is 216 Å². The second-order valence-corrected chi connectivity index (χ2v) is 10.7. The zero-order valence-electron chi connectivity index (χ0n) is 21.5. The average molecular weight is 542 g/mol. The highest BCUT2D eigenvalue weighted by molar-refractivity contribution is 7.92. The lowest BCUT2D eigenvalue weighted by molar-refractivity contribution is -0.140. The maximum atomic E-state index is 13.6. The highest BCUT2D eigenvalue weighted by Crippen LogP contribution is 2.32. The summed E-state index contributed by atoms with van der Waals surface area (Å²) in [6, 6.07) is 10.2. The molecule has 0 radical (unpaired) electrons. The second kappa shape index (κ2) is 12.9. The molecule has 0 bridgehead atoms. The van der Waals surface area contributed by atoms with Gasteiger partial charge in [-0.2, -0.15) is 13.2 Å². The van der Waals surface area contributed by atoms with Crippen LogP contribution in [-0.2, 0) is 32.3 Å². The van der Waals surface area contributed by atoms with Gasteiger partial charge in [-0.25, -0.2) is 8.42 Å². The van der Waals surface area contributed by atoms with E-state index in [9.17, 15) is 31.2 Å². The van der Waals surface area contributed by atoms with Crippen LogP contribution in [0.5, 0.6) is 0 Å². The van der Waals surface area contributed by atoms with E-state index in [0.29, 0.717) is 16.9 Å². The minimum atomic E-state index is -4.69. The first-order valence-electron chi connectivity index (χ1n) is 12.1. The molecule has 0 spiro atoms. The monoisotopic (exact) mass is 541 g/mol. The number of aryl methyl sites for hydroxylation is 1. The Balaban J connectivity index is 2.47. The Morgan fingerprint density at radius 1 is 1.05 bits per heavy atom. The van der Waals surface area contributed by atoms with E-state index < -0.39 is 40.3 Å². The Kier molecular flexibility index (Phi) is 10.5. The van der Waals surface area contributed by atoms with Crippen LogP contribution in [0.1, 0.15) is 49.8 Å². The summed E-state index contributed by atoms with van der Waals surface area (Å²) in [4.78, 5) is 27.9. The molecule has 0 aliphatic heterocycles. The number of nitrogens with zero attached hydrogens (tertiary/aromatic N) is 2. The third-order valence-electron chi connectivity index (χ3n) is 5.96. The summed E-state index contributed by atoms with van der Waals surface area (Å²) >= 11 is 0. The van der Waals surface area contributed by atoms with Gasteiger partial charge in [0, 0.05) is 13.1 Å². The molecular formula is C26H34F3N3O4S. The first-order valence-corrected chi connectivity index (χ1v) is 13.9. The van der Waals surface area contributed by atoms with Crippen LogP contribution in [0, 0.1) is 6.92 Å². The molecule has 204 valence electrons. The van der Waals surface area contributed by atoms with Crippen molar-refractivity contribution in [3.63, 3.8) is 0 Å². The van der Waals surface area contributed by atoms with E-state index >= 15 is 0 Å².